The minimum Gasteiger partial charge on any atom is -0.474 e. The second-order valence-corrected chi connectivity index (χ2v) is 6.32. The highest BCUT2D eigenvalue weighted by Gasteiger charge is 2.20. The minimum absolute atomic E-state index is 0.201. The Morgan fingerprint density at radius 1 is 1.25 bits per heavy atom. The number of benzene rings is 1. The Labute approximate surface area is 144 Å². The molecular formula is C20H25N3O. The highest BCUT2D eigenvalue weighted by Crippen LogP contribution is 2.26. The average molecular weight is 323 g/mol. The van der Waals surface area contributed by atoms with Gasteiger partial charge in [-0.2, -0.15) is 0 Å². The van der Waals surface area contributed by atoms with Crippen molar-refractivity contribution in [2.24, 2.45) is 4.99 Å². The Balaban J connectivity index is 1.66. The third-order valence-corrected chi connectivity index (χ3v) is 4.51. The summed E-state index contributed by atoms with van der Waals surface area (Å²) in [4.78, 5) is 11.1. The first-order valence-electron chi connectivity index (χ1n) is 8.61. The summed E-state index contributed by atoms with van der Waals surface area (Å²) in [5, 5.41) is 0. The third kappa shape index (κ3) is 3.94. The van der Waals surface area contributed by atoms with Crippen molar-refractivity contribution in [1.29, 1.82) is 0 Å². The molecule has 1 aliphatic carbocycles. The Hall–Kier alpha value is -2.36. The van der Waals surface area contributed by atoms with Gasteiger partial charge >= 0.3 is 0 Å². The predicted molar refractivity (Wildman–Crippen MR) is 98.3 cm³/mol. The van der Waals surface area contributed by atoms with Gasteiger partial charge in [0.2, 0.25) is 5.88 Å². The fourth-order valence-electron chi connectivity index (χ4n) is 2.91. The molecule has 0 spiro atoms. The number of pyridine rings is 1. The van der Waals surface area contributed by atoms with Crippen LogP contribution in [0, 0.1) is 6.92 Å². The lowest BCUT2D eigenvalue weighted by molar-refractivity contribution is 0.177. The van der Waals surface area contributed by atoms with Gasteiger partial charge in [-0.15, -0.1) is 0 Å². The van der Waals surface area contributed by atoms with Crippen LogP contribution in [0.2, 0.25) is 0 Å². The summed E-state index contributed by atoms with van der Waals surface area (Å²) in [6, 6.07) is 12.5. The zero-order valence-electron chi connectivity index (χ0n) is 14.7. The topological polar surface area (TPSA) is 37.7 Å². The number of aliphatic imine (C=N–C) groups is 1. The van der Waals surface area contributed by atoms with Crippen molar-refractivity contribution < 1.29 is 4.74 Å². The number of aryl methyl sites for hydroxylation is 2. The van der Waals surface area contributed by atoms with Crippen LogP contribution in [0.4, 0.5) is 5.69 Å². The molecule has 0 radical (unpaired) electrons. The summed E-state index contributed by atoms with van der Waals surface area (Å²) in [5.41, 5.74) is 4.63. The monoisotopic (exact) mass is 323 g/mol. The van der Waals surface area contributed by atoms with Crippen LogP contribution < -0.4 is 4.74 Å². The van der Waals surface area contributed by atoms with Crippen molar-refractivity contribution in [3.8, 4) is 5.88 Å². The van der Waals surface area contributed by atoms with Gasteiger partial charge in [-0.3, -0.25) is 0 Å². The van der Waals surface area contributed by atoms with E-state index in [0.717, 1.165) is 37.2 Å². The van der Waals surface area contributed by atoms with Crippen LogP contribution in [0.1, 0.15) is 30.2 Å². The van der Waals surface area contributed by atoms with E-state index < -0.39 is 0 Å². The number of hydrogen-bond donors (Lipinski definition) is 0. The lowest BCUT2D eigenvalue weighted by Gasteiger charge is -2.25. The second-order valence-electron chi connectivity index (χ2n) is 6.32. The van der Waals surface area contributed by atoms with Crippen molar-refractivity contribution >= 4 is 12.0 Å². The Morgan fingerprint density at radius 3 is 2.79 bits per heavy atom. The summed E-state index contributed by atoms with van der Waals surface area (Å²) in [7, 11) is 2.00. The normalized spacial score (nSPS) is 16.9. The molecule has 4 nitrogen and oxygen atoms in total. The maximum absolute atomic E-state index is 6.12. The van der Waals surface area contributed by atoms with Crippen molar-refractivity contribution in [3.63, 3.8) is 0 Å². The number of nitrogens with zero attached hydrogens (tertiary/aromatic N) is 3. The lowest BCUT2D eigenvalue weighted by Crippen LogP contribution is -2.25. The molecule has 0 fully saturated rings. The quantitative estimate of drug-likeness (QED) is 0.618. The smallest absolute Gasteiger partial charge is 0.213 e. The summed E-state index contributed by atoms with van der Waals surface area (Å²) in [5.74, 6) is 0.694. The lowest BCUT2D eigenvalue weighted by atomic mass is 9.90. The zero-order valence-corrected chi connectivity index (χ0v) is 14.7. The van der Waals surface area contributed by atoms with Gasteiger partial charge in [-0.05, 0) is 43.9 Å². The van der Waals surface area contributed by atoms with E-state index >= 15 is 0 Å². The van der Waals surface area contributed by atoms with Gasteiger partial charge in [-0.1, -0.05) is 24.3 Å². The standard InChI is InChI=1S/C20H25N3O/c1-4-23(3)14-21-19-11-12-20(22-15(19)2)24-18-10-9-16-7-5-6-8-17(16)13-18/h5-8,11-12,14,18H,4,9-10,13H2,1-3H3/b21-14+/t18-/m0/s1. The van der Waals surface area contributed by atoms with E-state index in [-0.39, 0.29) is 6.10 Å². The molecule has 1 heterocycles. The van der Waals surface area contributed by atoms with Crippen molar-refractivity contribution in [2.45, 2.75) is 39.2 Å². The molecule has 0 N–H and O–H groups in total. The summed E-state index contributed by atoms with van der Waals surface area (Å²) < 4.78 is 6.12. The van der Waals surface area contributed by atoms with E-state index in [9.17, 15) is 0 Å². The van der Waals surface area contributed by atoms with Crippen LogP contribution >= 0.6 is 0 Å². The third-order valence-electron chi connectivity index (χ3n) is 4.51. The van der Waals surface area contributed by atoms with E-state index in [1.807, 2.05) is 37.3 Å². The summed E-state index contributed by atoms with van der Waals surface area (Å²) in [6.45, 7) is 5.00. The van der Waals surface area contributed by atoms with Gasteiger partial charge in [0.15, 0.2) is 0 Å². The van der Waals surface area contributed by atoms with Gasteiger partial charge in [0.05, 0.1) is 17.7 Å². The van der Waals surface area contributed by atoms with Gasteiger partial charge < -0.3 is 9.64 Å². The first kappa shape index (κ1) is 16.5. The van der Waals surface area contributed by atoms with E-state index in [1.54, 1.807) is 0 Å². The Bertz CT molecular complexity index is 727. The zero-order chi connectivity index (χ0) is 16.9. The maximum Gasteiger partial charge on any atom is 0.213 e. The van der Waals surface area contributed by atoms with Crippen molar-refractivity contribution in [1.82, 2.24) is 9.88 Å². The molecule has 4 heteroatoms. The largest absolute Gasteiger partial charge is 0.474 e. The second kappa shape index (κ2) is 7.47. The predicted octanol–water partition coefficient (Wildman–Crippen LogP) is 3.94. The van der Waals surface area contributed by atoms with Crippen LogP contribution in [0.3, 0.4) is 0 Å². The molecule has 0 unspecified atom stereocenters. The molecule has 3 rings (SSSR count). The molecule has 0 saturated heterocycles. The van der Waals surface area contributed by atoms with E-state index in [0.29, 0.717) is 5.88 Å². The minimum atomic E-state index is 0.201. The Morgan fingerprint density at radius 2 is 2.04 bits per heavy atom. The molecule has 1 atom stereocenters. The van der Waals surface area contributed by atoms with Crippen LogP contribution in [-0.4, -0.2) is 35.9 Å². The van der Waals surface area contributed by atoms with Gasteiger partial charge in [0.25, 0.3) is 0 Å². The summed E-state index contributed by atoms with van der Waals surface area (Å²) >= 11 is 0. The number of hydrogen-bond acceptors (Lipinski definition) is 3. The highest BCUT2D eigenvalue weighted by atomic mass is 16.5. The molecule has 2 aromatic rings. The van der Waals surface area contributed by atoms with E-state index in [4.69, 9.17) is 4.74 Å². The number of aromatic nitrogens is 1. The number of fused-ring (bicyclic) bond motifs is 1. The average Bonchev–Trinajstić information content (AvgIpc) is 2.60. The van der Waals surface area contributed by atoms with E-state index in [2.05, 4.69) is 41.2 Å². The van der Waals surface area contributed by atoms with Crippen LogP contribution in [0.15, 0.2) is 41.4 Å². The van der Waals surface area contributed by atoms with Crippen molar-refractivity contribution in [2.75, 3.05) is 13.6 Å². The molecule has 1 aliphatic rings. The molecule has 0 aliphatic heterocycles. The first-order chi connectivity index (χ1) is 11.7. The number of rotatable bonds is 5. The van der Waals surface area contributed by atoms with Gasteiger partial charge in [0.1, 0.15) is 6.10 Å². The SMILES string of the molecule is CCN(C)/C=N/c1ccc(O[C@H]2CCc3ccccc3C2)nc1C. The molecule has 24 heavy (non-hydrogen) atoms. The molecule has 126 valence electrons. The van der Waals surface area contributed by atoms with Crippen molar-refractivity contribution in [3.05, 3.63) is 53.2 Å². The fraction of sp³-hybridized carbons (Fsp3) is 0.400. The highest BCUT2D eigenvalue weighted by molar-refractivity contribution is 5.62. The first-order valence-corrected chi connectivity index (χ1v) is 8.61. The van der Waals surface area contributed by atoms with Gasteiger partial charge in [0, 0.05) is 26.1 Å². The van der Waals surface area contributed by atoms with E-state index in [1.165, 1.54) is 11.1 Å². The summed E-state index contributed by atoms with van der Waals surface area (Å²) in [6.07, 6.45) is 5.11. The molecular weight excluding hydrogens is 298 g/mol. The van der Waals surface area contributed by atoms with Crippen LogP contribution in [-0.2, 0) is 12.8 Å². The van der Waals surface area contributed by atoms with Gasteiger partial charge in [-0.25, -0.2) is 9.98 Å². The molecule has 0 bridgehead atoms. The van der Waals surface area contributed by atoms with Crippen LogP contribution in [0.5, 0.6) is 5.88 Å². The number of ether oxygens (including phenoxy) is 1. The molecule has 0 saturated carbocycles. The maximum atomic E-state index is 6.12. The molecule has 0 amide bonds. The fourth-order valence-corrected chi connectivity index (χ4v) is 2.91. The molecule has 1 aromatic heterocycles. The van der Waals surface area contributed by atoms with Crippen LogP contribution in [0.25, 0.3) is 0 Å². The Kier molecular flexibility index (Phi) is 5.14. The molecule has 1 aromatic carbocycles.